The van der Waals surface area contributed by atoms with Crippen molar-refractivity contribution in [2.24, 2.45) is 5.92 Å². The van der Waals surface area contributed by atoms with E-state index in [1.807, 2.05) is 24.4 Å². The van der Waals surface area contributed by atoms with Gasteiger partial charge in [0.1, 0.15) is 0 Å². The Bertz CT molecular complexity index is 659. The van der Waals surface area contributed by atoms with Crippen LogP contribution in [0.4, 0.5) is 0 Å². The molecule has 1 heterocycles. The molecule has 1 aromatic heterocycles. The van der Waals surface area contributed by atoms with E-state index in [0.29, 0.717) is 5.92 Å². The highest BCUT2D eigenvalue weighted by Crippen LogP contribution is 2.33. The Balaban J connectivity index is 2.02. The normalized spacial score (nSPS) is 17.3. The molecule has 0 radical (unpaired) electrons. The number of hydrogen-bond donors (Lipinski definition) is 0. The molecule has 2 aromatic rings. The van der Waals surface area contributed by atoms with Crippen molar-refractivity contribution in [1.29, 1.82) is 0 Å². The van der Waals surface area contributed by atoms with Crippen LogP contribution in [-0.4, -0.2) is 10.3 Å². The molecule has 1 aromatic carbocycles. The Morgan fingerprint density at radius 1 is 1.24 bits per heavy atom. The van der Waals surface area contributed by atoms with Crippen molar-refractivity contribution in [3.63, 3.8) is 0 Å². The molecule has 0 unspecified atom stereocenters. The van der Waals surface area contributed by atoms with E-state index < -0.39 is 0 Å². The predicted molar refractivity (Wildman–Crippen MR) is 95.1 cm³/mol. The Morgan fingerprint density at radius 3 is 2.81 bits per heavy atom. The average molecular weight is 365 g/mol. The molecule has 0 amide bonds. The average Bonchev–Trinajstić information content (AvgIpc) is 2.55. The summed E-state index contributed by atoms with van der Waals surface area (Å²) in [7, 11) is 0. The van der Waals surface area contributed by atoms with Crippen LogP contribution >= 0.6 is 27.5 Å². The number of allylic oxidation sites excluding steroid dienone is 1. The van der Waals surface area contributed by atoms with E-state index in [1.54, 1.807) is 0 Å². The molecule has 0 bridgehead atoms. The van der Waals surface area contributed by atoms with Crippen molar-refractivity contribution < 1.29 is 0 Å². The number of aromatic nitrogens is 1. The zero-order valence-electron chi connectivity index (χ0n) is 12.0. The number of hydrogen-bond acceptors (Lipinski definition) is 1. The minimum Gasteiger partial charge on any atom is -0.256 e. The topological polar surface area (TPSA) is 12.9 Å². The van der Waals surface area contributed by atoms with Crippen LogP contribution in [0.15, 0.2) is 36.0 Å². The van der Waals surface area contributed by atoms with E-state index in [9.17, 15) is 0 Å². The molecule has 0 N–H and O–H groups in total. The fraction of sp³-hybridized carbons (Fsp3) is 0.389. The molecule has 3 rings (SSSR count). The molecule has 110 valence electrons. The monoisotopic (exact) mass is 363 g/mol. The zero-order chi connectivity index (χ0) is 14.7. The number of pyridine rings is 1. The van der Waals surface area contributed by atoms with E-state index in [0.717, 1.165) is 21.3 Å². The summed E-state index contributed by atoms with van der Waals surface area (Å²) in [5, 5.41) is 2.74. The van der Waals surface area contributed by atoms with Crippen molar-refractivity contribution in [3.8, 4) is 0 Å². The van der Waals surface area contributed by atoms with Gasteiger partial charge in [0.15, 0.2) is 0 Å². The minimum absolute atomic E-state index is 0.715. The molecule has 21 heavy (non-hydrogen) atoms. The van der Waals surface area contributed by atoms with Crippen molar-refractivity contribution in [2.75, 3.05) is 5.33 Å². The van der Waals surface area contributed by atoms with Crippen molar-refractivity contribution in [2.45, 2.75) is 32.1 Å². The van der Waals surface area contributed by atoms with Crippen LogP contribution in [-0.2, 0) is 0 Å². The summed E-state index contributed by atoms with van der Waals surface area (Å²) in [4.78, 5) is 4.53. The Hall–Kier alpha value is -0.860. The first-order valence-corrected chi connectivity index (χ1v) is 9.09. The maximum absolute atomic E-state index is 6.28. The van der Waals surface area contributed by atoms with Gasteiger partial charge in [0, 0.05) is 22.5 Å². The van der Waals surface area contributed by atoms with E-state index in [1.165, 1.54) is 43.2 Å². The lowest BCUT2D eigenvalue weighted by molar-refractivity contribution is 0.405. The second kappa shape index (κ2) is 6.93. The van der Waals surface area contributed by atoms with Crippen LogP contribution in [0.1, 0.15) is 37.7 Å². The van der Waals surface area contributed by atoms with Gasteiger partial charge in [-0.05, 0) is 37.0 Å². The number of benzene rings is 1. The van der Waals surface area contributed by atoms with Crippen LogP contribution in [0.2, 0.25) is 5.02 Å². The largest absolute Gasteiger partial charge is 0.256 e. The van der Waals surface area contributed by atoms with Crippen LogP contribution in [0, 0.1) is 5.92 Å². The van der Waals surface area contributed by atoms with Crippen LogP contribution in [0.25, 0.3) is 17.0 Å². The second-order valence-corrected chi connectivity index (χ2v) is 6.69. The van der Waals surface area contributed by atoms with Gasteiger partial charge < -0.3 is 0 Å². The number of halogens is 2. The highest BCUT2D eigenvalue weighted by molar-refractivity contribution is 9.09. The third kappa shape index (κ3) is 3.32. The van der Waals surface area contributed by atoms with Crippen LogP contribution in [0.5, 0.6) is 0 Å². The Labute approximate surface area is 139 Å². The summed E-state index contributed by atoms with van der Waals surface area (Å²) in [6.45, 7) is 0. The van der Waals surface area contributed by atoms with Gasteiger partial charge in [0.25, 0.3) is 0 Å². The molecule has 1 aliphatic carbocycles. The highest BCUT2D eigenvalue weighted by atomic mass is 79.9. The quantitative estimate of drug-likeness (QED) is 0.587. The Morgan fingerprint density at radius 2 is 2.05 bits per heavy atom. The molecule has 0 atom stereocenters. The maximum Gasteiger partial charge on any atom is 0.0789 e. The summed E-state index contributed by atoms with van der Waals surface area (Å²) in [6, 6.07) is 8.04. The summed E-state index contributed by atoms with van der Waals surface area (Å²) >= 11 is 9.95. The standard InChI is InChI=1S/C18H19BrClN/c19-12-15(13-5-2-1-3-6-13)11-14-8-9-17(20)16-7-4-10-21-18(14)16/h4,7-11,13H,1-3,5-6,12H2/b15-11-. The van der Waals surface area contributed by atoms with Gasteiger partial charge in [-0.2, -0.15) is 0 Å². The molecule has 0 spiro atoms. The molecule has 1 fully saturated rings. The lowest BCUT2D eigenvalue weighted by Crippen LogP contribution is -2.10. The highest BCUT2D eigenvalue weighted by Gasteiger charge is 2.17. The third-order valence-corrected chi connectivity index (χ3v) is 5.35. The van der Waals surface area contributed by atoms with Crippen molar-refractivity contribution in [1.82, 2.24) is 4.98 Å². The molecular weight excluding hydrogens is 346 g/mol. The van der Waals surface area contributed by atoms with E-state index in [-0.39, 0.29) is 0 Å². The summed E-state index contributed by atoms with van der Waals surface area (Å²) < 4.78 is 0. The lowest BCUT2D eigenvalue weighted by atomic mass is 9.83. The Kier molecular flexibility index (Phi) is 4.97. The molecule has 0 aliphatic heterocycles. The van der Waals surface area contributed by atoms with Crippen molar-refractivity contribution in [3.05, 3.63) is 46.6 Å². The molecule has 0 saturated heterocycles. The molecule has 1 aliphatic rings. The van der Waals surface area contributed by atoms with E-state index >= 15 is 0 Å². The fourth-order valence-corrected chi connectivity index (χ4v) is 4.05. The molecular formula is C18H19BrClN. The van der Waals surface area contributed by atoms with Gasteiger partial charge in [-0.15, -0.1) is 0 Å². The first kappa shape index (κ1) is 15.1. The van der Waals surface area contributed by atoms with Crippen LogP contribution in [0.3, 0.4) is 0 Å². The number of nitrogens with zero attached hydrogens (tertiary/aromatic N) is 1. The van der Waals surface area contributed by atoms with Gasteiger partial charge in [0.2, 0.25) is 0 Å². The summed E-state index contributed by atoms with van der Waals surface area (Å²) in [5.74, 6) is 0.715. The number of fused-ring (bicyclic) bond motifs is 1. The lowest BCUT2D eigenvalue weighted by Gasteiger charge is -2.23. The summed E-state index contributed by atoms with van der Waals surface area (Å²) in [6.07, 6.45) is 10.9. The van der Waals surface area contributed by atoms with Gasteiger partial charge >= 0.3 is 0 Å². The number of rotatable bonds is 3. The zero-order valence-corrected chi connectivity index (χ0v) is 14.3. The van der Waals surface area contributed by atoms with Gasteiger partial charge in [-0.1, -0.05) is 64.5 Å². The van der Waals surface area contributed by atoms with Gasteiger partial charge in [-0.3, -0.25) is 4.98 Å². The van der Waals surface area contributed by atoms with E-state index in [2.05, 4.69) is 33.1 Å². The summed E-state index contributed by atoms with van der Waals surface area (Å²) in [5.41, 5.74) is 3.67. The van der Waals surface area contributed by atoms with Gasteiger partial charge in [0.05, 0.1) is 10.5 Å². The number of alkyl halides is 1. The maximum atomic E-state index is 6.28. The molecule has 1 saturated carbocycles. The van der Waals surface area contributed by atoms with Crippen molar-refractivity contribution >= 4 is 44.5 Å². The molecule has 3 heteroatoms. The minimum atomic E-state index is 0.715. The third-order valence-electron chi connectivity index (χ3n) is 4.37. The fourth-order valence-electron chi connectivity index (χ4n) is 3.21. The predicted octanol–water partition coefficient (Wildman–Crippen LogP) is 6.25. The van der Waals surface area contributed by atoms with Crippen LogP contribution < -0.4 is 0 Å². The first-order valence-electron chi connectivity index (χ1n) is 7.59. The SMILES string of the molecule is Clc1ccc(/C=C(/CBr)C2CCCCC2)c2ncccc12. The second-order valence-electron chi connectivity index (χ2n) is 5.72. The van der Waals surface area contributed by atoms with E-state index in [4.69, 9.17) is 11.6 Å². The first-order chi connectivity index (χ1) is 10.3. The smallest absolute Gasteiger partial charge is 0.0789 e. The molecule has 1 nitrogen and oxygen atoms in total. The van der Waals surface area contributed by atoms with Gasteiger partial charge in [-0.25, -0.2) is 0 Å².